The molecule has 0 heterocycles. The van der Waals surface area contributed by atoms with Gasteiger partial charge in [0, 0.05) is 6.92 Å². The smallest absolute Gasteiger partial charge is 0.300 e. The summed E-state index contributed by atoms with van der Waals surface area (Å²) in [4.78, 5) is 9.00. The van der Waals surface area contributed by atoms with Crippen molar-refractivity contribution in [2.75, 3.05) is 0 Å². The monoisotopic (exact) mass is 228 g/mol. The third kappa shape index (κ3) is 4.51. The predicted octanol–water partition coefficient (Wildman–Crippen LogP) is 3.75. The molecule has 0 atom stereocenters. The van der Waals surface area contributed by atoms with E-state index in [2.05, 4.69) is 55.5 Å². The van der Waals surface area contributed by atoms with Crippen LogP contribution in [0.1, 0.15) is 12.5 Å². The average Bonchev–Trinajstić information content (AvgIpc) is 2.30. The van der Waals surface area contributed by atoms with Crippen molar-refractivity contribution in [2.24, 2.45) is 0 Å². The third-order valence-electron chi connectivity index (χ3n) is 2.23. The molecule has 0 aliphatic heterocycles. The molecule has 0 aliphatic rings. The van der Waals surface area contributed by atoms with Crippen molar-refractivity contribution in [2.45, 2.75) is 13.8 Å². The second-order valence-corrected chi connectivity index (χ2v) is 3.70. The molecule has 0 bridgehead atoms. The number of carboxylic acids is 1. The lowest BCUT2D eigenvalue weighted by Gasteiger charge is -2.04. The summed E-state index contributed by atoms with van der Waals surface area (Å²) in [6.07, 6.45) is 0. The summed E-state index contributed by atoms with van der Waals surface area (Å²) in [7, 11) is 0. The van der Waals surface area contributed by atoms with Crippen LogP contribution in [0, 0.1) is 6.92 Å². The first-order valence-corrected chi connectivity index (χ1v) is 5.42. The Hall–Kier alpha value is -2.09. The Bertz CT molecular complexity index is 471. The summed E-state index contributed by atoms with van der Waals surface area (Å²) in [5.74, 6) is -0.833. The average molecular weight is 228 g/mol. The van der Waals surface area contributed by atoms with Gasteiger partial charge in [-0.15, -0.1) is 0 Å². The van der Waals surface area contributed by atoms with Crippen LogP contribution in [0.15, 0.2) is 54.6 Å². The molecule has 0 amide bonds. The van der Waals surface area contributed by atoms with Crippen molar-refractivity contribution in [3.8, 4) is 11.1 Å². The normalized spacial score (nSPS) is 9.06. The molecule has 0 aromatic heterocycles. The van der Waals surface area contributed by atoms with Crippen LogP contribution >= 0.6 is 0 Å². The van der Waals surface area contributed by atoms with E-state index in [1.807, 2.05) is 6.07 Å². The van der Waals surface area contributed by atoms with Gasteiger partial charge in [-0.3, -0.25) is 4.79 Å². The zero-order chi connectivity index (χ0) is 12.7. The van der Waals surface area contributed by atoms with Crippen molar-refractivity contribution >= 4 is 5.97 Å². The summed E-state index contributed by atoms with van der Waals surface area (Å²) in [6.45, 7) is 3.22. The van der Waals surface area contributed by atoms with Crippen LogP contribution in [0.2, 0.25) is 0 Å². The second kappa shape index (κ2) is 6.48. The molecule has 0 aliphatic carbocycles. The summed E-state index contributed by atoms with van der Waals surface area (Å²) >= 11 is 0. The number of benzene rings is 2. The molecule has 0 fully saturated rings. The van der Waals surface area contributed by atoms with E-state index in [4.69, 9.17) is 9.90 Å². The van der Waals surface area contributed by atoms with Crippen LogP contribution < -0.4 is 0 Å². The minimum atomic E-state index is -0.833. The zero-order valence-electron chi connectivity index (χ0n) is 10.1. The molecule has 0 radical (unpaired) electrons. The van der Waals surface area contributed by atoms with Crippen molar-refractivity contribution in [3.63, 3.8) is 0 Å². The molecule has 0 unspecified atom stereocenters. The Kier molecular flexibility index (Phi) is 4.95. The van der Waals surface area contributed by atoms with Crippen LogP contribution in [0.4, 0.5) is 0 Å². The largest absolute Gasteiger partial charge is 0.481 e. The predicted molar refractivity (Wildman–Crippen MR) is 69.9 cm³/mol. The number of carbonyl (C=O) groups is 1. The van der Waals surface area contributed by atoms with Gasteiger partial charge in [0.1, 0.15) is 0 Å². The lowest BCUT2D eigenvalue weighted by Crippen LogP contribution is -1.80. The van der Waals surface area contributed by atoms with E-state index in [9.17, 15) is 0 Å². The fraction of sp³-hybridized carbons (Fsp3) is 0.133. The van der Waals surface area contributed by atoms with Crippen LogP contribution in [0.25, 0.3) is 11.1 Å². The molecule has 0 saturated carbocycles. The van der Waals surface area contributed by atoms with Crippen molar-refractivity contribution in [1.82, 2.24) is 0 Å². The highest BCUT2D eigenvalue weighted by molar-refractivity contribution is 5.66. The minimum absolute atomic E-state index is 0.833. The Morgan fingerprint density at radius 3 is 1.94 bits per heavy atom. The molecule has 2 nitrogen and oxygen atoms in total. The number of aryl methyl sites for hydroxylation is 1. The quantitative estimate of drug-likeness (QED) is 0.807. The van der Waals surface area contributed by atoms with Gasteiger partial charge in [0.25, 0.3) is 5.97 Å². The molecule has 0 saturated heterocycles. The molecule has 2 aromatic rings. The van der Waals surface area contributed by atoms with Crippen molar-refractivity contribution < 1.29 is 9.90 Å². The standard InChI is InChI=1S/C13H12.C2H4O2/c1-11-7-5-6-10-13(11)12-8-3-2-4-9-12;1-2(3)4/h2-10H,1H3;1H3,(H,3,4). The number of rotatable bonds is 1. The van der Waals surface area contributed by atoms with E-state index in [0.717, 1.165) is 6.92 Å². The van der Waals surface area contributed by atoms with E-state index in [1.165, 1.54) is 16.7 Å². The fourth-order valence-electron chi connectivity index (χ4n) is 1.51. The maximum Gasteiger partial charge on any atom is 0.300 e. The van der Waals surface area contributed by atoms with E-state index in [0.29, 0.717) is 0 Å². The van der Waals surface area contributed by atoms with E-state index in [-0.39, 0.29) is 0 Å². The van der Waals surface area contributed by atoms with Gasteiger partial charge >= 0.3 is 0 Å². The van der Waals surface area contributed by atoms with Crippen LogP contribution in [0.3, 0.4) is 0 Å². The maximum atomic E-state index is 9.00. The SMILES string of the molecule is CC(=O)O.Cc1ccccc1-c1ccccc1. The second-order valence-electron chi connectivity index (χ2n) is 3.70. The number of hydrogen-bond donors (Lipinski definition) is 1. The lowest BCUT2D eigenvalue weighted by atomic mass is 10.0. The van der Waals surface area contributed by atoms with Gasteiger partial charge in [0.15, 0.2) is 0 Å². The molecule has 2 heteroatoms. The molecule has 88 valence electrons. The van der Waals surface area contributed by atoms with Crippen LogP contribution in [0.5, 0.6) is 0 Å². The zero-order valence-corrected chi connectivity index (χ0v) is 10.1. The first-order chi connectivity index (χ1) is 8.11. The number of aliphatic carboxylic acids is 1. The van der Waals surface area contributed by atoms with Gasteiger partial charge in [-0.2, -0.15) is 0 Å². The van der Waals surface area contributed by atoms with E-state index >= 15 is 0 Å². The highest BCUT2D eigenvalue weighted by Crippen LogP contribution is 2.21. The van der Waals surface area contributed by atoms with Crippen molar-refractivity contribution in [1.29, 1.82) is 0 Å². The van der Waals surface area contributed by atoms with Gasteiger partial charge < -0.3 is 5.11 Å². The van der Waals surface area contributed by atoms with E-state index < -0.39 is 5.97 Å². The Morgan fingerprint density at radius 1 is 0.941 bits per heavy atom. The van der Waals surface area contributed by atoms with Crippen LogP contribution in [-0.4, -0.2) is 11.1 Å². The molecule has 1 N–H and O–H groups in total. The Labute approximate surface area is 102 Å². The topological polar surface area (TPSA) is 37.3 Å². The maximum absolute atomic E-state index is 9.00. The Balaban J connectivity index is 0.000000317. The van der Waals surface area contributed by atoms with Crippen LogP contribution in [-0.2, 0) is 4.79 Å². The molecular formula is C15H16O2. The summed E-state index contributed by atoms with van der Waals surface area (Å²) in [6, 6.07) is 18.9. The lowest BCUT2D eigenvalue weighted by molar-refractivity contribution is -0.134. The molecule has 0 spiro atoms. The molecule has 2 aromatic carbocycles. The first kappa shape index (κ1) is 13.0. The summed E-state index contributed by atoms with van der Waals surface area (Å²) < 4.78 is 0. The van der Waals surface area contributed by atoms with Gasteiger partial charge in [-0.05, 0) is 23.6 Å². The highest BCUT2D eigenvalue weighted by atomic mass is 16.4. The minimum Gasteiger partial charge on any atom is -0.481 e. The van der Waals surface area contributed by atoms with Gasteiger partial charge in [0.2, 0.25) is 0 Å². The fourth-order valence-corrected chi connectivity index (χ4v) is 1.51. The molecular weight excluding hydrogens is 212 g/mol. The highest BCUT2D eigenvalue weighted by Gasteiger charge is 1.97. The van der Waals surface area contributed by atoms with Gasteiger partial charge in [0.05, 0.1) is 0 Å². The number of hydrogen-bond acceptors (Lipinski definition) is 1. The first-order valence-electron chi connectivity index (χ1n) is 5.42. The summed E-state index contributed by atoms with van der Waals surface area (Å²) in [5, 5.41) is 7.42. The molecule has 2 rings (SSSR count). The molecule has 17 heavy (non-hydrogen) atoms. The Morgan fingerprint density at radius 2 is 1.41 bits per heavy atom. The summed E-state index contributed by atoms with van der Waals surface area (Å²) in [5.41, 5.74) is 3.94. The van der Waals surface area contributed by atoms with Gasteiger partial charge in [-0.25, -0.2) is 0 Å². The van der Waals surface area contributed by atoms with Gasteiger partial charge in [-0.1, -0.05) is 54.6 Å². The van der Waals surface area contributed by atoms with Crippen molar-refractivity contribution in [3.05, 3.63) is 60.2 Å². The number of carboxylic acid groups (broad SMARTS) is 1. The third-order valence-corrected chi connectivity index (χ3v) is 2.23. The van der Waals surface area contributed by atoms with E-state index in [1.54, 1.807) is 0 Å².